The maximum atomic E-state index is 12.3. The van der Waals surface area contributed by atoms with E-state index in [0.717, 1.165) is 19.0 Å². The molecule has 0 atom stereocenters. The van der Waals surface area contributed by atoms with Gasteiger partial charge in [0.15, 0.2) is 5.69 Å². The van der Waals surface area contributed by atoms with Crippen molar-refractivity contribution in [3.8, 4) is 0 Å². The summed E-state index contributed by atoms with van der Waals surface area (Å²) in [5, 5.41) is 9.91. The molecule has 0 amide bonds. The van der Waals surface area contributed by atoms with Gasteiger partial charge in [0, 0.05) is 6.54 Å². The van der Waals surface area contributed by atoms with Gasteiger partial charge in [-0.25, -0.2) is 0 Å². The minimum Gasteiger partial charge on any atom is -0.368 e. The molecule has 0 saturated heterocycles. The molecule has 1 saturated carbocycles. The summed E-state index contributed by atoms with van der Waals surface area (Å²) in [6.07, 6.45) is 1.45. The first kappa shape index (κ1) is 14.1. The fraction of sp³-hybridized carbons (Fsp3) is 0.692. The van der Waals surface area contributed by atoms with Crippen LogP contribution in [0.4, 0.5) is 19.0 Å². The minimum absolute atomic E-state index is 0.268. The van der Waals surface area contributed by atoms with Crippen molar-refractivity contribution in [2.75, 3.05) is 11.9 Å². The number of anilines is 1. The topological polar surface area (TPSA) is 37.8 Å². The maximum Gasteiger partial charge on any atom is 0.435 e. The van der Waals surface area contributed by atoms with E-state index in [9.17, 15) is 13.2 Å². The van der Waals surface area contributed by atoms with Crippen LogP contribution >= 0.6 is 0 Å². The van der Waals surface area contributed by atoms with Crippen LogP contribution in [-0.4, -0.2) is 16.7 Å². The molecule has 6 heteroatoms. The first-order valence-electron chi connectivity index (χ1n) is 6.60. The number of halogens is 3. The maximum absolute atomic E-state index is 12.3. The predicted octanol–water partition coefficient (Wildman–Crippen LogP) is 3.88. The number of rotatable bonds is 4. The Morgan fingerprint density at radius 2 is 1.89 bits per heavy atom. The average molecular weight is 273 g/mol. The van der Waals surface area contributed by atoms with E-state index >= 15 is 0 Å². The van der Waals surface area contributed by atoms with E-state index in [1.54, 1.807) is 0 Å². The third-order valence-electron chi connectivity index (χ3n) is 4.01. The quantitative estimate of drug-likeness (QED) is 0.904. The Balaban J connectivity index is 1.96. The van der Waals surface area contributed by atoms with E-state index in [0.29, 0.717) is 5.82 Å². The van der Waals surface area contributed by atoms with Crippen molar-refractivity contribution in [1.29, 1.82) is 0 Å². The molecular formula is C13H18F3N3. The van der Waals surface area contributed by atoms with Gasteiger partial charge in [0.05, 0.1) is 0 Å². The van der Waals surface area contributed by atoms with Gasteiger partial charge >= 0.3 is 6.18 Å². The lowest BCUT2D eigenvalue weighted by atomic mass is 9.83. The van der Waals surface area contributed by atoms with E-state index in [4.69, 9.17) is 0 Å². The second-order valence-corrected chi connectivity index (χ2v) is 5.22. The molecule has 1 aliphatic carbocycles. The fourth-order valence-electron chi connectivity index (χ4n) is 2.64. The number of nitrogens with zero attached hydrogens (tertiary/aromatic N) is 2. The van der Waals surface area contributed by atoms with Crippen molar-refractivity contribution in [3.63, 3.8) is 0 Å². The lowest BCUT2D eigenvalue weighted by Crippen LogP contribution is -2.26. The molecule has 2 rings (SSSR count). The molecule has 1 N–H and O–H groups in total. The largest absolute Gasteiger partial charge is 0.435 e. The van der Waals surface area contributed by atoms with Gasteiger partial charge in [0.1, 0.15) is 5.82 Å². The van der Waals surface area contributed by atoms with E-state index in [1.807, 2.05) is 0 Å². The van der Waals surface area contributed by atoms with Crippen LogP contribution in [-0.2, 0) is 6.18 Å². The Kier molecular flexibility index (Phi) is 3.96. The molecule has 0 spiro atoms. The summed E-state index contributed by atoms with van der Waals surface area (Å²) in [6.45, 7) is 2.91. The lowest BCUT2D eigenvalue weighted by molar-refractivity contribution is -0.141. The van der Waals surface area contributed by atoms with Crippen LogP contribution in [0.5, 0.6) is 0 Å². The Morgan fingerprint density at radius 3 is 2.37 bits per heavy atom. The highest BCUT2D eigenvalue weighted by Gasteiger charge is 2.33. The summed E-state index contributed by atoms with van der Waals surface area (Å²) in [5.74, 6) is 0.410. The van der Waals surface area contributed by atoms with Crippen molar-refractivity contribution < 1.29 is 13.2 Å². The van der Waals surface area contributed by atoms with E-state index in [-0.39, 0.29) is 5.41 Å². The molecule has 1 aromatic rings. The Bertz CT molecular complexity index is 408. The number of hydrogen-bond donors (Lipinski definition) is 1. The molecule has 0 radical (unpaired) electrons. The molecule has 1 aromatic heterocycles. The van der Waals surface area contributed by atoms with E-state index in [2.05, 4.69) is 22.4 Å². The molecule has 0 bridgehead atoms. The zero-order chi connectivity index (χ0) is 13.9. The Labute approximate surface area is 110 Å². The number of nitrogens with one attached hydrogen (secondary N) is 1. The van der Waals surface area contributed by atoms with Gasteiger partial charge in [0.25, 0.3) is 0 Å². The fourth-order valence-corrected chi connectivity index (χ4v) is 2.64. The van der Waals surface area contributed by atoms with Gasteiger partial charge in [-0.3, -0.25) is 0 Å². The summed E-state index contributed by atoms with van der Waals surface area (Å²) in [5.41, 5.74) is -0.686. The van der Waals surface area contributed by atoms with Crippen LogP contribution in [0.2, 0.25) is 0 Å². The molecule has 1 heterocycles. The van der Waals surface area contributed by atoms with Crippen molar-refractivity contribution in [2.24, 2.45) is 5.41 Å². The highest BCUT2D eigenvalue weighted by atomic mass is 19.4. The van der Waals surface area contributed by atoms with Gasteiger partial charge in [-0.15, -0.1) is 10.2 Å². The third kappa shape index (κ3) is 3.36. The molecule has 0 unspecified atom stereocenters. The highest BCUT2D eigenvalue weighted by Crippen LogP contribution is 2.40. The Hall–Kier alpha value is -1.33. The number of hydrogen-bond acceptors (Lipinski definition) is 3. The zero-order valence-corrected chi connectivity index (χ0v) is 10.9. The molecule has 19 heavy (non-hydrogen) atoms. The van der Waals surface area contributed by atoms with Crippen LogP contribution in [0.1, 0.15) is 44.7 Å². The van der Waals surface area contributed by atoms with Crippen LogP contribution in [0.3, 0.4) is 0 Å². The van der Waals surface area contributed by atoms with Gasteiger partial charge in [-0.05, 0) is 36.8 Å². The SMILES string of the molecule is CCC1(CNc2ccc(C(F)(F)F)nn2)CCCC1. The summed E-state index contributed by atoms with van der Waals surface area (Å²) in [7, 11) is 0. The van der Waals surface area contributed by atoms with Crippen molar-refractivity contribution >= 4 is 5.82 Å². The van der Waals surface area contributed by atoms with Crippen LogP contribution < -0.4 is 5.32 Å². The first-order chi connectivity index (χ1) is 8.95. The molecule has 106 valence electrons. The zero-order valence-electron chi connectivity index (χ0n) is 10.9. The van der Waals surface area contributed by atoms with Crippen LogP contribution in [0.15, 0.2) is 12.1 Å². The van der Waals surface area contributed by atoms with E-state index < -0.39 is 11.9 Å². The second kappa shape index (κ2) is 5.35. The Morgan fingerprint density at radius 1 is 1.21 bits per heavy atom. The molecule has 0 aromatic carbocycles. The third-order valence-corrected chi connectivity index (χ3v) is 4.01. The predicted molar refractivity (Wildman–Crippen MR) is 66.7 cm³/mol. The van der Waals surface area contributed by atoms with Crippen LogP contribution in [0.25, 0.3) is 0 Å². The molecule has 1 fully saturated rings. The van der Waals surface area contributed by atoms with Gasteiger partial charge in [0.2, 0.25) is 0 Å². The first-order valence-corrected chi connectivity index (χ1v) is 6.60. The molecule has 3 nitrogen and oxygen atoms in total. The minimum atomic E-state index is -4.43. The molecular weight excluding hydrogens is 255 g/mol. The monoisotopic (exact) mass is 273 g/mol. The summed E-state index contributed by atoms with van der Waals surface area (Å²) in [6, 6.07) is 2.30. The summed E-state index contributed by atoms with van der Waals surface area (Å²) in [4.78, 5) is 0. The highest BCUT2D eigenvalue weighted by molar-refractivity contribution is 5.33. The molecule has 1 aliphatic rings. The average Bonchev–Trinajstić information content (AvgIpc) is 2.85. The molecule has 0 aliphatic heterocycles. The van der Waals surface area contributed by atoms with Gasteiger partial charge in [-0.1, -0.05) is 19.8 Å². The second-order valence-electron chi connectivity index (χ2n) is 5.22. The summed E-state index contributed by atoms with van der Waals surface area (Å²) >= 11 is 0. The van der Waals surface area contributed by atoms with Crippen molar-refractivity contribution in [2.45, 2.75) is 45.2 Å². The number of aromatic nitrogens is 2. The van der Waals surface area contributed by atoms with Crippen molar-refractivity contribution in [1.82, 2.24) is 10.2 Å². The van der Waals surface area contributed by atoms with Gasteiger partial charge < -0.3 is 5.32 Å². The normalized spacial score (nSPS) is 18.5. The van der Waals surface area contributed by atoms with Crippen LogP contribution in [0, 0.1) is 5.41 Å². The smallest absolute Gasteiger partial charge is 0.368 e. The van der Waals surface area contributed by atoms with E-state index in [1.165, 1.54) is 31.7 Å². The van der Waals surface area contributed by atoms with Crippen molar-refractivity contribution in [3.05, 3.63) is 17.8 Å². The summed E-state index contributed by atoms with van der Waals surface area (Å²) < 4.78 is 37.0. The number of alkyl halides is 3. The van der Waals surface area contributed by atoms with Gasteiger partial charge in [-0.2, -0.15) is 13.2 Å². The lowest BCUT2D eigenvalue weighted by Gasteiger charge is -2.27. The standard InChI is InChI=1S/C13H18F3N3/c1-2-12(7-3-4-8-12)9-17-11-6-5-10(18-19-11)13(14,15)16/h5-6H,2-4,7-9H2,1H3,(H,17,19).